The Morgan fingerprint density at radius 3 is 2.03 bits per heavy atom. The maximum Gasteiger partial charge on any atom is 0.257 e. The van der Waals surface area contributed by atoms with E-state index in [1.54, 1.807) is 48.5 Å². The van der Waals surface area contributed by atoms with Crippen LogP contribution >= 0.6 is 12.2 Å². The molecule has 3 aromatic rings. The molecule has 3 N–H and O–H groups in total. The van der Waals surface area contributed by atoms with Crippen molar-refractivity contribution in [3.05, 3.63) is 83.4 Å². The minimum Gasteiger partial charge on any atom is -0.497 e. The van der Waals surface area contributed by atoms with Gasteiger partial charge in [-0.2, -0.15) is 0 Å². The minimum atomic E-state index is -0.413. The number of amides is 2. The summed E-state index contributed by atoms with van der Waals surface area (Å²) in [4.78, 5) is 25.1. The number of ether oxygens (including phenoxy) is 2. The van der Waals surface area contributed by atoms with E-state index in [4.69, 9.17) is 21.7 Å². The third-order valence-electron chi connectivity index (χ3n) is 4.61. The first-order chi connectivity index (χ1) is 15.4. The quantitative estimate of drug-likeness (QED) is 0.484. The Morgan fingerprint density at radius 2 is 1.41 bits per heavy atom. The second-order valence-corrected chi connectivity index (χ2v) is 7.27. The summed E-state index contributed by atoms with van der Waals surface area (Å²) in [7, 11) is 3.01. The predicted octanol–water partition coefficient (Wildman–Crippen LogP) is 4.39. The van der Waals surface area contributed by atoms with Crippen LogP contribution in [0.1, 0.15) is 26.3 Å². The van der Waals surface area contributed by atoms with Gasteiger partial charge in [-0.15, -0.1) is 0 Å². The predicted molar refractivity (Wildman–Crippen MR) is 129 cm³/mol. The van der Waals surface area contributed by atoms with Crippen molar-refractivity contribution in [2.45, 2.75) is 6.92 Å². The molecule has 0 fully saturated rings. The maximum absolute atomic E-state index is 12.6. The lowest BCUT2D eigenvalue weighted by Crippen LogP contribution is -2.34. The van der Waals surface area contributed by atoms with Crippen LogP contribution in [-0.2, 0) is 0 Å². The van der Waals surface area contributed by atoms with Crippen molar-refractivity contribution in [3.8, 4) is 11.5 Å². The average Bonchev–Trinajstić information content (AvgIpc) is 2.79. The Balaban J connectivity index is 1.65. The van der Waals surface area contributed by atoms with Crippen molar-refractivity contribution in [3.63, 3.8) is 0 Å². The van der Waals surface area contributed by atoms with Gasteiger partial charge in [-0.1, -0.05) is 24.3 Å². The van der Waals surface area contributed by atoms with Gasteiger partial charge in [0.25, 0.3) is 11.8 Å². The number of benzene rings is 3. The van der Waals surface area contributed by atoms with Gasteiger partial charge in [0.05, 0.1) is 14.2 Å². The molecular weight excluding hydrogens is 426 g/mol. The van der Waals surface area contributed by atoms with Crippen molar-refractivity contribution in [1.82, 2.24) is 5.32 Å². The van der Waals surface area contributed by atoms with E-state index < -0.39 is 5.91 Å². The number of hydrogen-bond acceptors (Lipinski definition) is 5. The number of anilines is 2. The van der Waals surface area contributed by atoms with Crippen molar-refractivity contribution < 1.29 is 19.1 Å². The van der Waals surface area contributed by atoms with Crippen LogP contribution in [0.3, 0.4) is 0 Å². The average molecular weight is 450 g/mol. The molecule has 0 saturated carbocycles. The fourth-order valence-corrected chi connectivity index (χ4v) is 3.19. The highest BCUT2D eigenvalue weighted by Crippen LogP contribution is 2.22. The van der Waals surface area contributed by atoms with E-state index in [1.165, 1.54) is 14.2 Å². The third kappa shape index (κ3) is 5.83. The Kier molecular flexibility index (Phi) is 7.41. The maximum atomic E-state index is 12.6. The van der Waals surface area contributed by atoms with Gasteiger partial charge >= 0.3 is 0 Å². The Labute approximate surface area is 191 Å². The molecule has 7 nitrogen and oxygen atoms in total. The summed E-state index contributed by atoms with van der Waals surface area (Å²) in [5.74, 6) is 0.364. The number of hydrogen-bond donors (Lipinski definition) is 3. The number of methoxy groups -OCH3 is 2. The Bertz CT molecular complexity index is 1140. The molecule has 0 bridgehead atoms. The SMILES string of the molecule is COc1cc(OC)cc(C(=O)NC(=S)Nc2cccc(NC(=O)c3ccccc3C)c2)c1. The molecule has 0 atom stereocenters. The van der Waals surface area contributed by atoms with Gasteiger partial charge in [-0.25, -0.2) is 0 Å². The molecule has 0 unspecified atom stereocenters. The van der Waals surface area contributed by atoms with Crippen LogP contribution in [0.2, 0.25) is 0 Å². The summed E-state index contributed by atoms with van der Waals surface area (Å²) in [6, 6.07) is 19.2. The summed E-state index contributed by atoms with van der Waals surface area (Å²) < 4.78 is 10.4. The molecule has 0 aliphatic heterocycles. The summed E-state index contributed by atoms with van der Waals surface area (Å²) in [5, 5.41) is 8.55. The minimum absolute atomic E-state index is 0.110. The number of nitrogens with one attached hydrogen (secondary N) is 3. The topological polar surface area (TPSA) is 88.7 Å². The normalized spacial score (nSPS) is 10.1. The molecule has 8 heteroatoms. The fraction of sp³-hybridized carbons (Fsp3) is 0.125. The molecule has 0 heterocycles. The number of rotatable bonds is 6. The van der Waals surface area contributed by atoms with Crippen molar-refractivity contribution in [2.24, 2.45) is 0 Å². The molecule has 0 radical (unpaired) electrons. The van der Waals surface area contributed by atoms with E-state index in [9.17, 15) is 9.59 Å². The fourth-order valence-electron chi connectivity index (χ4n) is 2.98. The van der Waals surface area contributed by atoms with E-state index in [0.717, 1.165) is 5.56 Å². The molecule has 0 aliphatic rings. The molecule has 0 saturated heterocycles. The smallest absolute Gasteiger partial charge is 0.257 e. The largest absolute Gasteiger partial charge is 0.497 e. The van der Waals surface area contributed by atoms with E-state index in [1.807, 2.05) is 25.1 Å². The molecule has 0 aliphatic carbocycles. The van der Waals surface area contributed by atoms with Crippen LogP contribution in [0.5, 0.6) is 11.5 Å². The van der Waals surface area contributed by atoms with Gasteiger partial charge < -0.3 is 20.1 Å². The lowest BCUT2D eigenvalue weighted by atomic mass is 10.1. The lowest BCUT2D eigenvalue weighted by Gasteiger charge is -2.13. The summed E-state index contributed by atoms with van der Waals surface area (Å²) in [6.45, 7) is 1.88. The zero-order valence-corrected chi connectivity index (χ0v) is 18.7. The van der Waals surface area contributed by atoms with E-state index in [0.29, 0.717) is 34.0 Å². The van der Waals surface area contributed by atoms with E-state index in [-0.39, 0.29) is 11.0 Å². The van der Waals surface area contributed by atoms with Crippen LogP contribution in [0.4, 0.5) is 11.4 Å². The molecule has 3 aromatic carbocycles. The first kappa shape index (κ1) is 22.8. The van der Waals surface area contributed by atoms with Crippen LogP contribution in [0, 0.1) is 6.92 Å². The van der Waals surface area contributed by atoms with Gasteiger partial charge in [-0.3, -0.25) is 14.9 Å². The second-order valence-electron chi connectivity index (χ2n) is 6.86. The first-order valence-corrected chi connectivity index (χ1v) is 10.1. The van der Waals surface area contributed by atoms with Crippen molar-refractivity contribution in [2.75, 3.05) is 24.9 Å². The van der Waals surface area contributed by atoms with Crippen LogP contribution < -0.4 is 25.4 Å². The molecule has 2 amide bonds. The number of thiocarbonyl (C=S) groups is 1. The monoisotopic (exact) mass is 449 g/mol. The van der Waals surface area contributed by atoms with Crippen LogP contribution in [0.15, 0.2) is 66.7 Å². The zero-order valence-electron chi connectivity index (χ0n) is 17.9. The summed E-state index contributed by atoms with van der Waals surface area (Å²) in [6.07, 6.45) is 0. The van der Waals surface area contributed by atoms with Crippen molar-refractivity contribution in [1.29, 1.82) is 0 Å². The Morgan fingerprint density at radius 1 is 0.781 bits per heavy atom. The van der Waals surface area contributed by atoms with E-state index >= 15 is 0 Å². The molecule has 164 valence electrons. The lowest BCUT2D eigenvalue weighted by molar-refractivity contribution is 0.0975. The number of carbonyl (C=O) groups is 2. The number of carbonyl (C=O) groups excluding carboxylic acids is 2. The highest BCUT2D eigenvalue weighted by Gasteiger charge is 2.12. The molecule has 3 rings (SSSR count). The van der Waals surface area contributed by atoms with Crippen molar-refractivity contribution >= 4 is 40.5 Å². The van der Waals surface area contributed by atoms with Gasteiger partial charge in [-0.05, 0) is 61.1 Å². The standard InChI is InChI=1S/C24H23N3O4S/c1-15-7-4-5-10-21(15)23(29)25-17-8-6-9-18(13-17)26-24(32)27-22(28)16-11-19(30-2)14-20(12-16)31-3/h4-14H,1-3H3,(H,25,29)(H2,26,27,28,32). The summed E-state index contributed by atoms with van der Waals surface area (Å²) in [5.41, 5.74) is 3.03. The molecule has 32 heavy (non-hydrogen) atoms. The summed E-state index contributed by atoms with van der Waals surface area (Å²) >= 11 is 5.27. The van der Waals surface area contributed by atoms with Crippen LogP contribution in [0.25, 0.3) is 0 Å². The van der Waals surface area contributed by atoms with Gasteiger partial charge in [0, 0.05) is 28.6 Å². The van der Waals surface area contributed by atoms with E-state index in [2.05, 4.69) is 16.0 Å². The van der Waals surface area contributed by atoms with Gasteiger partial charge in [0.2, 0.25) is 0 Å². The number of aryl methyl sites for hydroxylation is 1. The zero-order chi connectivity index (χ0) is 23.1. The van der Waals surface area contributed by atoms with Gasteiger partial charge in [0.1, 0.15) is 11.5 Å². The molecule has 0 spiro atoms. The highest BCUT2D eigenvalue weighted by molar-refractivity contribution is 7.80. The molecular formula is C24H23N3O4S. The first-order valence-electron chi connectivity index (χ1n) is 9.72. The highest BCUT2D eigenvalue weighted by atomic mass is 32.1. The second kappa shape index (κ2) is 10.4. The third-order valence-corrected chi connectivity index (χ3v) is 4.81. The molecule has 0 aromatic heterocycles. The Hall–Kier alpha value is -3.91. The van der Waals surface area contributed by atoms with Gasteiger partial charge in [0.15, 0.2) is 5.11 Å². The van der Waals surface area contributed by atoms with Crippen LogP contribution in [-0.4, -0.2) is 31.1 Å².